The number of hydrogen-bond donors (Lipinski definition) is 3. The van der Waals surface area contributed by atoms with Gasteiger partial charge in [-0.1, -0.05) is 11.6 Å². The van der Waals surface area contributed by atoms with Crippen LogP contribution in [-0.2, 0) is 9.59 Å². The van der Waals surface area contributed by atoms with Gasteiger partial charge in [-0.15, -0.1) is 0 Å². The van der Waals surface area contributed by atoms with Crippen molar-refractivity contribution in [3.05, 3.63) is 29.0 Å². The Hall–Kier alpha value is -1.66. The van der Waals surface area contributed by atoms with Gasteiger partial charge in [0.2, 0.25) is 0 Å². The van der Waals surface area contributed by atoms with Gasteiger partial charge in [0.1, 0.15) is 5.82 Å². The highest BCUT2D eigenvalue weighted by Gasteiger charge is 2.14. The van der Waals surface area contributed by atoms with Gasteiger partial charge in [0.15, 0.2) is 0 Å². The summed E-state index contributed by atoms with van der Waals surface area (Å²) in [6, 6.07) is 3.41. The number of aliphatic hydroxyl groups excluding tert-OH is 1. The molecule has 0 fully saturated rings. The van der Waals surface area contributed by atoms with Crippen LogP contribution in [0.5, 0.6) is 0 Å². The van der Waals surface area contributed by atoms with Gasteiger partial charge in [-0.05, 0) is 24.6 Å². The third-order valence-corrected chi connectivity index (χ3v) is 2.32. The molecule has 2 amide bonds. The summed E-state index contributed by atoms with van der Waals surface area (Å²) < 4.78 is 12.7. The molecule has 7 heteroatoms. The first-order valence-electron chi connectivity index (χ1n) is 5.19. The van der Waals surface area contributed by atoms with E-state index in [0.717, 1.165) is 12.1 Å². The third kappa shape index (κ3) is 4.31. The second-order valence-electron chi connectivity index (χ2n) is 3.41. The molecule has 0 aliphatic carbocycles. The van der Waals surface area contributed by atoms with Crippen molar-refractivity contribution >= 4 is 29.1 Å². The third-order valence-electron chi connectivity index (χ3n) is 2.01. The molecule has 0 heterocycles. The summed E-state index contributed by atoms with van der Waals surface area (Å²) in [6.07, 6.45) is 0.357. The number of carbonyl (C=O) groups is 2. The minimum Gasteiger partial charge on any atom is -0.396 e. The number of halogens is 2. The zero-order valence-corrected chi connectivity index (χ0v) is 10.1. The van der Waals surface area contributed by atoms with E-state index in [1.807, 2.05) is 0 Å². The normalized spacial score (nSPS) is 9.94. The Morgan fingerprint density at radius 1 is 1.33 bits per heavy atom. The largest absolute Gasteiger partial charge is 0.396 e. The summed E-state index contributed by atoms with van der Waals surface area (Å²) >= 11 is 5.69. The van der Waals surface area contributed by atoms with E-state index in [1.54, 1.807) is 0 Å². The monoisotopic (exact) mass is 274 g/mol. The van der Waals surface area contributed by atoms with Crippen molar-refractivity contribution in [2.24, 2.45) is 0 Å². The van der Waals surface area contributed by atoms with Crippen LogP contribution < -0.4 is 10.6 Å². The van der Waals surface area contributed by atoms with Gasteiger partial charge in [-0.3, -0.25) is 9.59 Å². The quantitative estimate of drug-likeness (QED) is 0.564. The van der Waals surface area contributed by atoms with Crippen molar-refractivity contribution in [3.8, 4) is 0 Å². The number of hydrogen-bond acceptors (Lipinski definition) is 3. The van der Waals surface area contributed by atoms with Crippen LogP contribution >= 0.6 is 11.6 Å². The van der Waals surface area contributed by atoms with Crippen LogP contribution in [0.15, 0.2) is 18.2 Å². The van der Waals surface area contributed by atoms with Gasteiger partial charge in [-0.2, -0.15) is 0 Å². The van der Waals surface area contributed by atoms with E-state index < -0.39 is 17.6 Å². The van der Waals surface area contributed by atoms with Gasteiger partial charge >= 0.3 is 11.8 Å². The lowest BCUT2D eigenvalue weighted by Crippen LogP contribution is -2.36. The van der Waals surface area contributed by atoms with Crippen LogP contribution in [0.25, 0.3) is 0 Å². The molecule has 0 aliphatic heterocycles. The lowest BCUT2D eigenvalue weighted by molar-refractivity contribution is -0.136. The van der Waals surface area contributed by atoms with Crippen molar-refractivity contribution < 1.29 is 19.1 Å². The lowest BCUT2D eigenvalue weighted by Gasteiger charge is -2.07. The summed E-state index contributed by atoms with van der Waals surface area (Å²) in [4.78, 5) is 22.7. The summed E-state index contributed by atoms with van der Waals surface area (Å²) in [5, 5.41) is 13.1. The van der Waals surface area contributed by atoms with E-state index in [0.29, 0.717) is 6.42 Å². The zero-order valence-electron chi connectivity index (χ0n) is 9.37. The Morgan fingerprint density at radius 2 is 2.06 bits per heavy atom. The Balaban J connectivity index is 2.56. The lowest BCUT2D eigenvalue weighted by atomic mass is 10.3. The highest BCUT2D eigenvalue weighted by molar-refractivity contribution is 6.41. The average molecular weight is 275 g/mol. The number of aliphatic hydroxyl groups is 1. The van der Waals surface area contributed by atoms with E-state index in [-0.39, 0.29) is 23.9 Å². The van der Waals surface area contributed by atoms with Gasteiger partial charge < -0.3 is 15.7 Å². The second-order valence-corrected chi connectivity index (χ2v) is 3.82. The molecule has 0 aliphatic rings. The molecule has 0 saturated carbocycles. The molecule has 0 radical (unpaired) electrons. The summed E-state index contributed by atoms with van der Waals surface area (Å²) in [6.45, 7) is 0.117. The van der Waals surface area contributed by atoms with Crippen molar-refractivity contribution in [2.45, 2.75) is 6.42 Å². The minimum atomic E-state index is -0.901. The number of anilines is 1. The zero-order chi connectivity index (χ0) is 13.5. The fraction of sp³-hybridized carbons (Fsp3) is 0.273. The maximum absolute atomic E-state index is 12.7. The Kier molecular flexibility index (Phi) is 5.54. The summed E-state index contributed by atoms with van der Waals surface area (Å²) in [5.41, 5.74) is 0.153. The van der Waals surface area contributed by atoms with E-state index in [1.165, 1.54) is 6.07 Å². The van der Waals surface area contributed by atoms with Gasteiger partial charge in [0.05, 0.1) is 10.7 Å². The average Bonchev–Trinajstić information content (AvgIpc) is 2.32. The molecular weight excluding hydrogens is 263 g/mol. The molecule has 0 aromatic heterocycles. The number of amides is 2. The number of rotatable bonds is 4. The molecule has 98 valence electrons. The number of benzene rings is 1. The van der Waals surface area contributed by atoms with Crippen LogP contribution in [0.2, 0.25) is 5.02 Å². The Morgan fingerprint density at radius 3 is 2.67 bits per heavy atom. The van der Waals surface area contributed by atoms with E-state index in [2.05, 4.69) is 10.6 Å². The molecule has 0 unspecified atom stereocenters. The molecule has 5 nitrogen and oxygen atoms in total. The molecule has 0 saturated heterocycles. The smallest absolute Gasteiger partial charge is 0.313 e. The molecule has 1 rings (SSSR count). The first-order valence-corrected chi connectivity index (χ1v) is 5.57. The highest BCUT2D eigenvalue weighted by atomic mass is 35.5. The first-order chi connectivity index (χ1) is 8.54. The molecule has 0 bridgehead atoms. The van der Waals surface area contributed by atoms with Crippen LogP contribution in [0.3, 0.4) is 0 Å². The number of carbonyl (C=O) groups excluding carboxylic acids is 2. The van der Waals surface area contributed by atoms with Gasteiger partial charge in [0, 0.05) is 13.2 Å². The van der Waals surface area contributed by atoms with Crippen molar-refractivity contribution in [3.63, 3.8) is 0 Å². The maximum Gasteiger partial charge on any atom is 0.313 e. The number of nitrogens with one attached hydrogen (secondary N) is 2. The van der Waals surface area contributed by atoms with Crippen LogP contribution in [-0.4, -0.2) is 30.1 Å². The highest BCUT2D eigenvalue weighted by Crippen LogP contribution is 2.22. The van der Waals surface area contributed by atoms with E-state index in [9.17, 15) is 14.0 Å². The van der Waals surface area contributed by atoms with Crippen LogP contribution in [0.1, 0.15) is 6.42 Å². The molecular formula is C11H12ClFN2O3. The fourth-order valence-corrected chi connectivity index (χ4v) is 1.35. The van der Waals surface area contributed by atoms with Crippen molar-refractivity contribution in [1.29, 1.82) is 0 Å². The Bertz CT molecular complexity index is 454. The topological polar surface area (TPSA) is 78.4 Å². The summed E-state index contributed by atoms with van der Waals surface area (Å²) in [7, 11) is 0. The Labute approximate surface area is 108 Å². The molecule has 18 heavy (non-hydrogen) atoms. The van der Waals surface area contributed by atoms with Gasteiger partial charge in [0.25, 0.3) is 0 Å². The van der Waals surface area contributed by atoms with Crippen molar-refractivity contribution in [1.82, 2.24) is 5.32 Å². The molecule has 1 aromatic carbocycles. The second kappa shape index (κ2) is 6.93. The van der Waals surface area contributed by atoms with Crippen LogP contribution in [0.4, 0.5) is 10.1 Å². The predicted molar refractivity (Wildman–Crippen MR) is 64.8 cm³/mol. The summed E-state index contributed by atoms with van der Waals surface area (Å²) in [5.74, 6) is -2.28. The molecule has 0 atom stereocenters. The molecule has 3 N–H and O–H groups in total. The van der Waals surface area contributed by atoms with Crippen molar-refractivity contribution in [2.75, 3.05) is 18.5 Å². The van der Waals surface area contributed by atoms with Gasteiger partial charge in [-0.25, -0.2) is 4.39 Å². The molecule has 1 aromatic rings. The first kappa shape index (κ1) is 14.4. The van der Waals surface area contributed by atoms with Crippen LogP contribution in [0, 0.1) is 5.82 Å². The van der Waals surface area contributed by atoms with E-state index >= 15 is 0 Å². The van der Waals surface area contributed by atoms with E-state index in [4.69, 9.17) is 16.7 Å². The molecule has 0 spiro atoms. The standard InChI is InChI=1S/C11H12ClFN2O3/c12-8-6-7(13)2-3-9(8)15-11(18)10(17)14-4-1-5-16/h2-3,6,16H,1,4-5H2,(H,14,17)(H,15,18). The fourth-order valence-electron chi connectivity index (χ4n) is 1.13. The maximum atomic E-state index is 12.7. The predicted octanol–water partition coefficient (Wildman–Crippen LogP) is 0.916. The minimum absolute atomic E-state index is 0.00603. The SMILES string of the molecule is O=C(NCCCO)C(=O)Nc1ccc(F)cc1Cl.